The van der Waals surface area contributed by atoms with E-state index < -0.39 is 6.09 Å². The van der Waals surface area contributed by atoms with Crippen molar-refractivity contribution in [1.82, 2.24) is 4.90 Å². The molecule has 1 aliphatic heterocycles. The van der Waals surface area contributed by atoms with E-state index >= 15 is 0 Å². The van der Waals surface area contributed by atoms with Crippen LogP contribution in [0.3, 0.4) is 0 Å². The highest BCUT2D eigenvalue weighted by Gasteiger charge is 2.30. The standard InChI is InChI=1S/C22H22N2O3/c1-3-26-20-13-14-24(22(25)27-16-17-7-5-4-6-8-17)21(15-20)18-9-11-19(23-2)12-10-18/h4-14,20-21H,3,15-16H2,1H3. The quantitative estimate of drug-likeness (QED) is 0.683. The van der Waals surface area contributed by atoms with E-state index in [1.54, 1.807) is 23.2 Å². The molecule has 0 aliphatic carbocycles. The molecule has 138 valence electrons. The van der Waals surface area contributed by atoms with Crippen molar-refractivity contribution in [2.24, 2.45) is 0 Å². The molecule has 0 N–H and O–H groups in total. The minimum Gasteiger partial charge on any atom is -0.444 e. The summed E-state index contributed by atoms with van der Waals surface area (Å²) in [6, 6.07) is 16.7. The zero-order chi connectivity index (χ0) is 19.1. The fourth-order valence-electron chi connectivity index (χ4n) is 3.09. The van der Waals surface area contributed by atoms with Crippen molar-refractivity contribution in [2.45, 2.75) is 32.1 Å². The first-order valence-corrected chi connectivity index (χ1v) is 8.97. The van der Waals surface area contributed by atoms with Crippen LogP contribution in [0.25, 0.3) is 4.85 Å². The molecule has 5 nitrogen and oxygen atoms in total. The Hall–Kier alpha value is -3.10. The molecule has 2 aromatic rings. The lowest BCUT2D eigenvalue weighted by Crippen LogP contribution is -2.36. The summed E-state index contributed by atoms with van der Waals surface area (Å²) in [4.78, 5) is 17.7. The molecule has 5 heteroatoms. The Morgan fingerprint density at radius 1 is 1.19 bits per heavy atom. The van der Waals surface area contributed by atoms with Crippen LogP contribution in [0, 0.1) is 6.57 Å². The van der Waals surface area contributed by atoms with E-state index in [2.05, 4.69) is 4.85 Å². The highest BCUT2D eigenvalue weighted by atomic mass is 16.6. The van der Waals surface area contributed by atoms with Crippen molar-refractivity contribution in [2.75, 3.05) is 6.61 Å². The van der Waals surface area contributed by atoms with Gasteiger partial charge in [0.05, 0.1) is 18.7 Å². The van der Waals surface area contributed by atoms with E-state index in [0.717, 1.165) is 11.1 Å². The van der Waals surface area contributed by atoms with Crippen LogP contribution >= 0.6 is 0 Å². The maximum absolute atomic E-state index is 12.7. The third-order valence-electron chi connectivity index (χ3n) is 4.46. The van der Waals surface area contributed by atoms with Crippen molar-refractivity contribution in [3.8, 4) is 0 Å². The van der Waals surface area contributed by atoms with Gasteiger partial charge in [0.1, 0.15) is 6.61 Å². The van der Waals surface area contributed by atoms with Gasteiger partial charge < -0.3 is 9.47 Å². The second kappa shape index (κ2) is 9.02. The summed E-state index contributed by atoms with van der Waals surface area (Å²) in [6.07, 6.45) is 3.81. The van der Waals surface area contributed by atoms with Gasteiger partial charge in [-0.05, 0) is 24.1 Å². The normalized spacial score (nSPS) is 18.7. The van der Waals surface area contributed by atoms with E-state index in [4.69, 9.17) is 16.0 Å². The molecule has 0 bridgehead atoms. The van der Waals surface area contributed by atoms with Crippen LogP contribution in [0.15, 0.2) is 66.9 Å². The fraction of sp³-hybridized carbons (Fsp3) is 0.273. The Morgan fingerprint density at radius 2 is 1.93 bits per heavy atom. The Kier molecular flexibility index (Phi) is 6.24. The zero-order valence-corrected chi connectivity index (χ0v) is 15.2. The number of rotatable bonds is 5. The lowest BCUT2D eigenvalue weighted by atomic mass is 9.96. The number of hydrogen-bond acceptors (Lipinski definition) is 3. The summed E-state index contributed by atoms with van der Waals surface area (Å²) in [7, 11) is 0. The largest absolute Gasteiger partial charge is 0.444 e. The molecule has 2 atom stereocenters. The summed E-state index contributed by atoms with van der Waals surface area (Å²) in [6.45, 7) is 9.88. The number of amides is 1. The Balaban J connectivity index is 1.77. The molecular formula is C22H22N2O3. The molecule has 27 heavy (non-hydrogen) atoms. The summed E-state index contributed by atoms with van der Waals surface area (Å²) >= 11 is 0. The van der Waals surface area contributed by atoms with Crippen molar-refractivity contribution >= 4 is 11.8 Å². The van der Waals surface area contributed by atoms with E-state index in [9.17, 15) is 4.79 Å². The maximum atomic E-state index is 12.7. The van der Waals surface area contributed by atoms with Crippen molar-refractivity contribution in [1.29, 1.82) is 0 Å². The molecule has 2 aromatic carbocycles. The molecule has 3 rings (SSSR count). The topological polar surface area (TPSA) is 43.1 Å². The van der Waals surface area contributed by atoms with Gasteiger partial charge in [-0.25, -0.2) is 9.64 Å². The molecule has 0 aromatic heterocycles. The van der Waals surface area contributed by atoms with Crippen LogP contribution in [0.2, 0.25) is 0 Å². The summed E-state index contributed by atoms with van der Waals surface area (Å²) in [5.41, 5.74) is 2.47. The van der Waals surface area contributed by atoms with Gasteiger partial charge in [-0.3, -0.25) is 4.90 Å². The maximum Gasteiger partial charge on any atom is 0.414 e. The summed E-state index contributed by atoms with van der Waals surface area (Å²) in [5.74, 6) is 0. The third-order valence-corrected chi connectivity index (χ3v) is 4.46. The van der Waals surface area contributed by atoms with Crippen LogP contribution in [-0.2, 0) is 16.1 Å². The highest BCUT2D eigenvalue weighted by Crippen LogP contribution is 2.33. The third kappa shape index (κ3) is 4.75. The van der Waals surface area contributed by atoms with Crippen LogP contribution in [0.5, 0.6) is 0 Å². The number of benzene rings is 2. The van der Waals surface area contributed by atoms with E-state index in [1.165, 1.54) is 0 Å². The highest BCUT2D eigenvalue weighted by molar-refractivity contribution is 5.70. The predicted molar refractivity (Wildman–Crippen MR) is 103 cm³/mol. The number of hydrogen-bond donors (Lipinski definition) is 0. The van der Waals surface area contributed by atoms with Crippen LogP contribution in [-0.4, -0.2) is 23.7 Å². The first kappa shape index (κ1) is 18.7. The van der Waals surface area contributed by atoms with Gasteiger partial charge >= 0.3 is 6.09 Å². The van der Waals surface area contributed by atoms with E-state index in [0.29, 0.717) is 18.7 Å². The molecule has 0 saturated heterocycles. The smallest absolute Gasteiger partial charge is 0.414 e. The first-order chi connectivity index (χ1) is 13.2. The van der Waals surface area contributed by atoms with Crippen LogP contribution in [0.1, 0.15) is 30.5 Å². The Labute approximate surface area is 159 Å². The zero-order valence-electron chi connectivity index (χ0n) is 15.2. The molecule has 0 spiro atoms. The Bertz CT molecular complexity index is 825. The minimum absolute atomic E-state index is 0.0567. The molecule has 0 saturated carbocycles. The number of nitrogens with zero attached hydrogens (tertiary/aromatic N) is 2. The number of carbonyl (C=O) groups is 1. The van der Waals surface area contributed by atoms with Gasteiger partial charge in [0.25, 0.3) is 0 Å². The molecule has 2 unspecified atom stereocenters. The lowest BCUT2D eigenvalue weighted by molar-refractivity contribution is 0.0474. The number of ether oxygens (including phenoxy) is 2. The van der Waals surface area contributed by atoms with Gasteiger partial charge in [-0.2, -0.15) is 0 Å². The molecule has 1 amide bonds. The fourth-order valence-corrected chi connectivity index (χ4v) is 3.09. The predicted octanol–water partition coefficient (Wildman–Crippen LogP) is 5.24. The average molecular weight is 362 g/mol. The average Bonchev–Trinajstić information content (AvgIpc) is 2.73. The van der Waals surface area contributed by atoms with E-state index in [-0.39, 0.29) is 18.8 Å². The molecule has 1 aliphatic rings. The number of carbonyl (C=O) groups excluding carboxylic acids is 1. The van der Waals surface area contributed by atoms with Gasteiger partial charge in [0.15, 0.2) is 5.69 Å². The lowest BCUT2D eigenvalue weighted by Gasteiger charge is -2.34. The summed E-state index contributed by atoms with van der Waals surface area (Å²) in [5, 5.41) is 0. The van der Waals surface area contributed by atoms with Crippen LogP contribution in [0.4, 0.5) is 10.5 Å². The van der Waals surface area contributed by atoms with Gasteiger partial charge in [0, 0.05) is 19.2 Å². The second-order valence-electron chi connectivity index (χ2n) is 6.24. The summed E-state index contributed by atoms with van der Waals surface area (Å²) < 4.78 is 11.2. The monoisotopic (exact) mass is 362 g/mol. The van der Waals surface area contributed by atoms with Gasteiger partial charge in [-0.15, -0.1) is 0 Å². The molecular weight excluding hydrogens is 340 g/mol. The first-order valence-electron chi connectivity index (χ1n) is 8.97. The Morgan fingerprint density at radius 3 is 2.59 bits per heavy atom. The van der Waals surface area contributed by atoms with Crippen molar-refractivity contribution in [3.05, 3.63) is 89.4 Å². The molecule has 0 fully saturated rings. The van der Waals surface area contributed by atoms with Gasteiger partial charge in [-0.1, -0.05) is 54.6 Å². The molecule has 0 radical (unpaired) electrons. The van der Waals surface area contributed by atoms with Crippen molar-refractivity contribution < 1.29 is 14.3 Å². The van der Waals surface area contributed by atoms with Crippen LogP contribution < -0.4 is 0 Å². The van der Waals surface area contributed by atoms with Gasteiger partial charge in [0.2, 0.25) is 0 Å². The molecule has 1 heterocycles. The van der Waals surface area contributed by atoms with Crippen molar-refractivity contribution in [3.63, 3.8) is 0 Å². The van der Waals surface area contributed by atoms with E-state index in [1.807, 2.05) is 55.5 Å². The minimum atomic E-state index is -0.399. The second-order valence-corrected chi connectivity index (χ2v) is 6.24. The SMILES string of the molecule is [C-]#[N+]c1ccc(C2CC(OCC)C=CN2C(=O)OCc2ccccc2)cc1.